The van der Waals surface area contributed by atoms with Crippen LogP contribution in [0.5, 0.6) is 0 Å². The number of aromatic amines is 1. The van der Waals surface area contributed by atoms with E-state index >= 15 is 0 Å². The minimum Gasteiger partial charge on any atom is -0.293 e. The maximum atomic E-state index is 12.2. The molecule has 0 atom stereocenters. The lowest BCUT2D eigenvalue weighted by molar-refractivity contribution is 0.102. The third-order valence-corrected chi connectivity index (χ3v) is 4.31. The number of thioether (sulfide) groups is 1. The van der Waals surface area contributed by atoms with Gasteiger partial charge in [0.15, 0.2) is 10.9 Å². The molecule has 6 heteroatoms. The number of hydrogen-bond donors (Lipinski definition) is 1. The van der Waals surface area contributed by atoms with Gasteiger partial charge in [-0.25, -0.2) is 9.89 Å². The summed E-state index contributed by atoms with van der Waals surface area (Å²) in [6, 6.07) is 7.79. The van der Waals surface area contributed by atoms with Crippen LogP contribution in [-0.4, -0.2) is 26.3 Å². The quantitative estimate of drug-likeness (QED) is 0.677. The largest absolute Gasteiger partial charge is 0.344 e. The van der Waals surface area contributed by atoms with Crippen LogP contribution in [0.15, 0.2) is 34.2 Å². The molecule has 3 rings (SSSR count). The molecule has 0 saturated heterocycles. The molecule has 1 saturated carbocycles. The highest BCUT2D eigenvalue weighted by Gasteiger charge is 2.28. The van der Waals surface area contributed by atoms with Gasteiger partial charge in [0.2, 0.25) is 0 Å². The fourth-order valence-corrected chi connectivity index (χ4v) is 3.04. The van der Waals surface area contributed by atoms with Crippen LogP contribution in [0.4, 0.5) is 0 Å². The Kier molecular flexibility index (Phi) is 3.48. The van der Waals surface area contributed by atoms with Gasteiger partial charge in [-0.05, 0) is 25.3 Å². The van der Waals surface area contributed by atoms with Crippen LogP contribution in [0.3, 0.4) is 0 Å². The number of aromatic nitrogens is 3. The zero-order chi connectivity index (χ0) is 14.1. The van der Waals surface area contributed by atoms with E-state index in [1.807, 2.05) is 31.2 Å². The Hall–Kier alpha value is -1.82. The summed E-state index contributed by atoms with van der Waals surface area (Å²) in [6.45, 7) is 1.92. The Morgan fingerprint density at radius 2 is 2.20 bits per heavy atom. The molecular formula is C14H15N3O2S. The first kappa shape index (κ1) is 13.2. The standard InChI is InChI=1S/C14H15N3O2S/c1-9-4-2-3-5-11(9)12(18)8-20-14-16-15-13(19)17(14)10-6-7-10/h2-5,10H,6-8H2,1H3,(H,15,19). The molecule has 0 aliphatic heterocycles. The summed E-state index contributed by atoms with van der Waals surface area (Å²) in [4.78, 5) is 23.8. The highest BCUT2D eigenvalue weighted by atomic mass is 32.2. The lowest BCUT2D eigenvalue weighted by Gasteiger charge is -2.05. The van der Waals surface area contributed by atoms with Crippen LogP contribution in [-0.2, 0) is 0 Å². The Morgan fingerprint density at radius 1 is 1.45 bits per heavy atom. The Labute approximate surface area is 120 Å². The van der Waals surface area contributed by atoms with Gasteiger partial charge in [0, 0.05) is 11.6 Å². The van der Waals surface area contributed by atoms with Crippen molar-refractivity contribution in [2.24, 2.45) is 0 Å². The van der Waals surface area contributed by atoms with Crippen molar-refractivity contribution < 1.29 is 4.79 Å². The van der Waals surface area contributed by atoms with Crippen LogP contribution < -0.4 is 5.69 Å². The van der Waals surface area contributed by atoms with E-state index < -0.39 is 0 Å². The summed E-state index contributed by atoms with van der Waals surface area (Å²) in [5, 5.41) is 7.07. The van der Waals surface area contributed by atoms with Crippen molar-refractivity contribution in [2.75, 3.05) is 5.75 Å². The summed E-state index contributed by atoms with van der Waals surface area (Å²) in [5.41, 5.74) is 1.52. The number of carbonyl (C=O) groups is 1. The summed E-state index contributed by atoms with van der Waals surface area (Å²) in [7, 11) is 0. The van der Waals surface area contributed by atoms with Gasteiger partial charge in [0.1, 0.15) is 0 Å². The number of H-pyrrole nitrogens is 1. The zero-order valence-corrected chi connectivity index (χ0v) is 11.9. The zero-order valence-electron chi connectivity index (χ0n) is 11.1. The summed E-state index contributed by atoms with van der Waals surface area (Å²) < 4.78 is 1.66. The molecule has 104 valence electrons. The molecular weight excluding hydrogens is 274 g/mol. The SMILES string of the molecule is Cc1ccccc1C(=O)CSc1n[nH]c(=O)n1C1CC1. The first-order chi connectivity index (χ1) is 9.66. The van der Waals surface area contributed by atoms with Crippen LogP contribution in [0, 0.1) is 6.92 Å². The molecule has 1 aliphatic carbocycles. The number of rotatable bonds is 5. The van der Waals surface area contributed by atoms with Gasteiger partial charge in [0.25, 0.3) is 0 Å². The Bertz CT molecular complexity index is 700. The average molecular weight is 289 g/mol. The van der Waals surface area contributed by atoms with E-state index in [4.69, 9.17) is 0 Å². The van der Waals surface area contributed by atoms with Crippen molar-refractivity contribution in [3.63, 3.8) is 0 Å². The number of aryl methyl sites for hydroxylation is 1. The Balaban J connectivity index is 1.73. The third kappa shape index (κ3) is 2.56. The molecule has 0 spiro atoms. The summed E-state index contributed by atoms with van der Waals surface area (Å²) in [5.74, 6) is 0.355. The molecule has 1 N–H and O–H groups in total. The van der Waals surface area contributed by atoms with Crippen LogP contribution in [0.25, 0.3) is 0 Å². The molecule has 5 nitrogen and oxygen atoms in total. The molecule has 1 heterocycles. The number of hydrogen-bond acceptors (Lipinski definition) is 4. The fraction of sp³-hybridized carbons (Fsp3) is 0.357. The molecule has 1 aromatic carbocycles. The highest BCUT2D eigenvalue weighted by molar-refractivity contribution is 7.99. The van der Waals surface area contributed by atoms with E-state index in [1.54, 1.807) is 4.57 Å². The smallest absolute Gasteiger partial charge is 0.293 e. The summed E-state index contributed by atoms with van der Waals surface area (Å²) >= 11 is 1.32. The van der Waals surface area contributed by atoms with Gasteiger partial charge in [-0.3, -0.25) is 9.36 Å². The van der Waals surface area contributed by atoms with Gasteiger partial charge in [-0.15, -0.1) is 5.10 Å². The van der Waals surface area contributed by atoms with Gasteiger partial charge in [0.05, 0.1) is 5.75 Å². The molecule has 0 amide bonds. The van der Waals surface area contributed by atoms with Crippen molar-refractivity contribution in [3.8, 4) is 0 Å². The van der Waals surface area contributed by atoms with E-state index in [0.717, 1.165) is 24.0 Å². The maximum Gasteiger partial charge on any atom is 0.344 e. The van der Waals surface area contributed by atoms with Gasteiger partial charge in [-0.1, -0.05) is 36.0 Å². The number of carbonyl (C=O) groups excluding carboxylic acids is 1. The van der Waals surface area contributed by atoms with Crippen molar-refractivity contribution in [2.45, 2.75) is 31.0 Å². The number of nitrogens with one attached hydrogen (secondary N) is 1. The fourth-order valence-electron chi connectivity index (χ4n) is 2.14. The van der Waals surface area contributed by atoms with Gasteiger partial charge < -0.3 is 0 Å². The first-order valence-electron chi connectivity index (χ1n) is 6.55. The van der Waals surface area contributed by atoms with E-state index in [-0.39, 0.29) is 17.5 Å². The number of benzene rings is 1. The molecule has 20 heavy (non-hydrogen) atoms. The molecule has 0 bridgehead atoms. The minimum atomic E-state index is -0.182. The normalized spacial score (nSPS) is 14.4. The molecule has 1 aliphatic rings. The number of Topliss-reactive ketones (excluding diaryl/α,β-unsaturated/α-hetero) is 1. The number of ketones is 1. The third-order valence-electron chi connectivity index (χ3n) is 3.36. The van der Waals surface area contributed by atoms with Gasteiger partial charge in [-0.2, -0.15) is 0 Å². The second-order valence-corrected chi connectivity index (χ2v) is 5.88. The minimum absolute atomic E-state index is 0.0610. The van der Waals surface area contributed by atoms with Gasteiger partial charge >= 0.3 is 5.69 Å². The van der Waals surface area contributed by atoms with E-state index in [0.29, 0.717) is 10.9 Å². The second kappa shape index (κ2) is 5.28. The van der Waals surface area contributed by atoms with Crippen LogP contribution in [0.2, 0.25) is 0 Å². The maximum absolute atomic E-state index is 12.2. The van der Waals surface area contributed by atoms with Crippen molar-refractivity contribution in [1.82, 2.24) is 14.8 Å². The lowest BCUT2D eigenvalue weighted by atomic mass is 10.1. The van der Waals surface area contributed by atoms with Crippen molar-refractivity contribution in [3.05, 3.63) is 45.9 Å². The van der Waals surface area contributed by atoms with E-state index in [1.165, 1.54) is 11.8 Å². The lowest BCUT2D eigenvalue weighted by Crippen LogP contribution is -2.16. The van der Waals surface area contributed by atoms with Crippen LogP contribution >= 0.6 is 11.8 Å². The molecule has 1 fully saturated rings. The van der Waals surface area contributed by atoms with E-state index in [2.05, 4.69) is 10.2 Å². The van der Waals surface area contributed by atoms with Crippen molar-refractivity contribution >= 4 is 17.5 Å². The molecule has 1 aromatic heterocycles. The van der Waals surface area contributed by atoms with E-state index in [9.17, 15) is 9.59 Å². The first-order valence-corrected chi connectivity index (χ1v) is 7.54. The Morgan fingerprint density at radius 3 is 2.90 bits per heavy atom. The average Bonchev–Trinajstić information content (AvgIpc) is 3.20. The molecule has 0 unspecified atom stereocenters. The van der Waals surface area contributed by atoms with Crippen molar-refractivity contribution in [1.29, 1.82) is 0 Å². The van der Waals surface area contributed by atoms with Crippen LogP contribution in [0.1, 0.15) is 34.8 Å². The predicted molar refractivity (Wildman–Crippen MR) is 77.4 cm³/mol. The second-order valence-electron chi connectivity index (χ2n) is 4.94. The highest BCUT2D eigenvalue weighted by Crippen LogP contribution is 2.36. The summed E-state index contributed by atoms with van der Waals surface area (Å²) in [6.07, 6.45) is 2.03. The predicted octanol–water partition coefficient (Wildman–Crippen LogP) is 2.19. The monoisotopic (exact) mass is 289 g/mol. The number of nitrogens with zero attached hydrogens (tertiary/aromatic N) is 2. The molecule has 0 radical (unpaired) electrons. The molecule has 2 aromatic rings. The topological polar surface area (TPSA) is 67.8 Å².